The summed E-state index contributed by atoms with van der Waals surface area (Å²) in [5.41, 5.74) is 5.94. The molecule has 1 aliphatic carbocycles. The number of nitro groups is 1. The number of carbonyl (C=O) groups is 2. The number of amides is 2. The van der Waals surface area contributed by atoms with Crippen LogP contribution in [-0.2, 0) is 11.3 Å². The van der Waals surface area contributed by atoms with Crippen LogP contribution in [-0.4, -0.2) is 31.5 Å². The SMILES string of the molecule is Cc1nn(CCC(=O)Nc2c(C(N)=O)sc3nc(C(F)F)cc(C4CC4)c23)cc1[N+](=O)[O-]. The summed E-state index contributed by atoms with van der Waals surface area (Å²) in [6.07, 6.45) is 0.00616. The monoisotopic (exact) mass is 464 g/mol. The number of carbonyl (C=O) groups excluding carboxylic acids is 2. The van der Waals surface area contributed by atoms with Gasteiger partial charge >= 0.3 is 5.69 Å². The zero-order chi connectivity index (χ0) is 23.2. The molecule has 0 aromatic carbocycles. The van der Waals surface area contributed by atoms with Crippen LogP contribution < -0.4 is 11.1 Å². The van der Waals surface area contributed by atoms with Crippen LogP contribution in [0.3, 0.4) is 0 Å². The first-order valence-corrected chi connectivity index (χ1v) is 10.5. The van der Waals surface area contributed by atoms with Crippen molar-refractivity contribution in [1.82, 2.24) is 14.8 Å². The van der Waals surface area contributed by atoms with Crippen molar-refractivity contribution >= 4 is 44.7 Å². The average Bonchev–Trinajstić information content (AvgIpc) is 3.40. The third-order valence-corrected chi connectivity index (χ3v) is 6.22. The number of nitrogens with two attached hydrogens (primary N) is 1. The Morgan fingerprint density at radius 3 is 2.72 bits per heavy atom. The number of nitrogens with zero attached hydrogens (tertiary/aromatic N) is 4. The van der Waals surface area contributed by atoms with Crippen LogP contribution >= 0.6 is 11.3 Å². The van der Waals surface area contributed by atoms with Crippen LogP contribution in [0.4, 0.5) is 20.2 Å². The van der Waals surface area contributed by atoms with E-state index in [4.69, 9.17) is 5.73 Å². The number of rotatable bonds is 8. The highest BCUT2D eigenvalue weighted by Gasteiger charge is 2.31. The quantitative estimate of drug-likeness (QED) is 0.384. The first kappa shape index (κ1) is 21.7. The van der Waals surface area contributed by atoms with E-state index in [2.05, 4.69) is 15.4 Å². The molecule has 3 heterocycles. The van der Waals surface area contributed by atoms with Crippen molar-refractivity contribution in [2.24, 2.45) is 5.73 Å². The minimum atomic E-state index is -2.77. The summed E-state index contributed by atoms with van der Waals surface area (Å²) in [6, 6.07) is 1.32. The third kappa shape index (κ3) is 4.15. The van der Waals surface area contributed by atoms with Gasteiger partial charge in [-0.15, -0.1) is 11.3 Å². The van der Waals surface area contributed by atoms with Crippen molar-refractivity contribution in [3.05, 3.63) is 44.2 Å². The maximum Gasteiger partial charge on any atom is 0.309 e. The average molecular weight is 464 g/mol. The zero-order valence-corrected chi connectivity index (χ0v) is 17.6. The molecule has 32 heavy (non-hydrogen) atoms. The van der Waals surface area contributed by atoms with Gasteiger partial charge in [-0.05, 0) is 37.3 Å². The topological polar surface area (TPSA) is 146 Å². The summed E-state index contributed by atoms with van der Waals surface area (Å²) in [4.78, 5) is 39.2. The minimum absolute atomic E-state index is 0.0275. The number of aryl methyl sites for hydroxylation is 2. The van der Waals surface area contributed by atoms with Crippen LogP contribution in [0.5, 0.6) is 0 Å². The van der Waals surface area contributed by atoms with Gasteiger partial charge in [0.1, 0.15) is 27.3 Å². The molecule has 3 aromatic rings. The van der Waals surface area contributed by atoms with E-state index in [1.54, 1.807) is 0 Å². The Labute approximate surface area is 183 Å². The lowest BCUT2D eigenvalue weighted by atomic mass is 10.0. The van der Waals surface area contributed by atoms with Gasteiger partial charge in [-0.3, -0.25) is 24.4 Å². The predicted molar refractivity (Wildman–Crippen MR) is 112 cm³/mol. The minimum Gasteiger partial charge on any atom is -0.365 e. The molecular weight excluding hydrogens is 446 g/mol. The van der Waals surface area contributed by atoms with Crippen molar-refractivity contribution in [2.45, 2.75) is 45.1 Å². The van der Waals surface area contributed by atoms with Crippen molar-refractivity contribution in [1.29, 1.82) is 0 Å². The second-order valence-corrected chi connectivity index (χ2v) is 8.48. The van der Waals surface area contributed by atoms with E-state index in [9.17, 15) is 28.5 Å². The van der Waals surface area contributed by atoms with Crippen LogP contribution in [0.25, 0.3) is 10.2 Å². The van der Waals surface area contributed by atoms with Gasteiger partial charge in [0.05, 0.1) is 10.6 Å². The molecule has 10 nitrogen and oxygen atoms in total. The van der Waals surface area contributed by atoms with Gasteiger partial charge in [-0.25, -0.2) is 13.8 Å². The molecule has 2 amide bonds. The van der Waals surface area contributed by atoms with Gasteiger partial charge in [0.25, 0.3) is 12.3 Å². The Hall–Kier alpha value is -3.48. The molecule has 13 heteroatoms. The fourth-order valence-electron chi connectivity index (χ4n) is 3.49. The number of nitrogens with one attached hydrogen (secondary N) is 1. The standard InChI is InChI=1S/C19H18F2N6O4S/c1-8-12(27(30)31)7-26(25-8)5-4-13(28)24-15-14-10(9-2-3-9)6-11(17(20)21)23-19(14)32-16(15)18(22)29/h6-7,9,17H,2-5H2,1H3,(H2,22,29)(H,24,28). The Bertz CT molecular complexity index is 1250. The Kier molecular flexibility index (Phi) is 5.59. The number of hydrogen-bond acceptors (Lipinski definition) is 7. The molecule has 0 saturated heterocycles. The maximum atomic E-state index is 13.3. The number of alkyl halides is 2. The molecule has 0 bridgehead atoms. The first-order chi connectivity index (χ1) is 15.2. The summed E-state index contributed by atoms with van der Waals surface area (Å²) in [5, 5.41) is 18.1. The number of pyridine rings is 1. The molecule has 0 radical (unpaired) electrons. The number of aromatic nitrogens is 3. The van der Waals surface area contributed by atoms with E-state index in [0.29, 0.717) is 10.9 Å². The van der Waals surface area contributed by atoms with E-state index in [0.717, 1.165) is 24.2 Å². The van der Waals surface area contributed by atoms with Crippen LogP contribution in [0.1, 0.15) is 58.2 Å². The highest BCUT2D eigenvalue weighted by Crippen LogP contribution is 2.48. The molecule has 0 atom stereocenters. The summed E-state index contributed by atoms with van der Waals surface area (Å²) in [6.45, 7) is 1.56. The number of halogens is 2. The first-order valence-electron chi connectivity index (χ1n) is 9.69. The maximum absolute atomic E-state index is 13.3. The van der Waals surface area contributed by atoms with Gasteiger partial charge in [0.15, 0.2) is 0 Å². The van der Waals surface area contributed by atoms with E-state index < -0.39 is 23.2 Å². The fraction of sp³-hybridized carbons (Fsp3) is 0.368. The van der Waals surface area contributed by atoms with Crippen molar-refractivity contribution in [2.75, 3.05) is 5.32 Å². The fourth-order valence-corrected chi connectivity index (χ4v) is 4.51. The molecule has 1 fully saturated rings. The summed E-state index contributed by atoms with van der Waals surface area (Å²) in [5.74, 6) is -1.23. The summed E-state index contributed by atoms with van der Waals surface area (Å²) < 4.78 is 27.9. The van der Waals surface area contributed by atoms with E-state index in [1.807, 2.05) is 0 Å². The number of thiophene rings is 1. The van der Waals surface area contributed by atoms with Crippen LogP contribution in [0.2, 0.25) is 0 Å². The molecule has 0 spiro atoms. The van der Waals surface area contributed by atoms with E-state index in [1.165, 1.54) is 23.9 Å². The molecule has 3 N–H and O–H groups in total. The molecule has 0 unspecified atom stereocenters. The van der Waals surface area contributed by atoms with Gasteiger partial charge in [-0.2, -0.15) is 5.10 Å². The van der Waals surface area contributed by atoms with E-state index >= 15 is 0 Å². The largest absolute Gasteiger partial charge is 0.365 e. The normalized spacial score (nSPS) is 13.6. The van der Waals surface area contributed by atoms with Crippen molar-refractivity contribution < 1.29 is 23.3 Å². The molecule has 0 aliphatic heterocycles. The van der Waals surface area contributed by atoms with E-state index in [-0.39, 0.29) is 51.4 Å². The van der Waals surface area contributed by atoms with Crippen LogP contribution in [0, 0.1) is 17.0 Å². The molecule has 168 valence electrons. The van der Waals surface area contributed by atoms with Crippen LogP contribution in [0.15, 0.2) is 12.3 Å². The second-order valence-electron chi connectivity index (χ2n) is 7.48. The lowest BCUT2D eigenvalue weighted by Gasteiger charge is -2.10. The Morgan fingerprint density at radius 2 is 2.16 bits per heavy atom. The van der Waals surface area contributed by atoms with Gasteiger partial charge in [-0.1, -0.05) is 0 Å². The Morgan fingerprint density at radius 1 is 1.44 bits per heavy atom. The highest BCUT2D eigenvalue weighted by molar-refractivity contribution is 7.21. The third-order valence-electron chi connectivity index (χ3n) is 5.13. The molecule has 4 rings (SSSR count). The van der Waals surface area contributed by atoms with Gasteiger partial charge in [0, 0.05) is 18.4 Å². The number of fused-ring (bicyclic) bond motifs is 1. The molecule has 3 aromatic heterocycles. The molecule has 1 aliphatic rings. The van der Waals surface area contributed by atoms with Crippen molar-refractivity contribution in [3.8, 4) is 0 Å². The predicted octanol–water partition coefficient (Wildman–Crippen LogP) is 3.65. The van der Waals surface area contributed by atoms with Gasteiger partial charge in [0.2, 0.25) is 5.91 Å². The summed E-state index contributed by atoms with van der Waals surface area (Å²) in [7, 11) is 0. The molecular formula is C19H18F2N6O4S. The van der Waals surface area contributed by atoms with Gasteiger partial charge < -0.3 is 11.1 Å². The summed E-state index contributed by atoms with van der Waals surface area (Å²) >= 11 is 0.862. The number of primary amides is 1. The Balaban J connectivity index is 1.63. The number of hydrogen-bond donors (Lipinski definition) is 2. The smallest absolute Gasteiger partial charge is 0.309 e. The number of anilines is 1. The second kappa shape index (κ2) is 8.22. The lowest BCUT2D eigenvalue weighted by molar-refractivity contribution is -0.385. The zero-order valence-electron chi connectivity index (χ0n) is 16.8. The van der Waals surface area contributed by atoms with Crippen molar-refractivity contribution in [3.63, 3.8) is 0 Å². The molecule has 1 saturated carbocycles. The highest BCUT2D eigenvalue weighted by atomic mass is 32.1. The lowest BCUT2D eigenvalue weighted by Crippen LogP contribution is -2.18.